The van der Waals surface area contributed by atoms with Gasteiger partial charge in [0.25, 0.3) is 5.91 Å². The van der Waals surface area contributed by atoms with Crippen LogP contribution >= 0.6 is 38.9 Å². The number of aromatic nitrogens is 3. The Balaban J connectivity index is 1.39. The first kappa shape index (κ1) is 19.9. The van der Waals surface area contributed by atoms with E-state index >= 15 is 0 Å². The number of hydrogen-bond acceptors (Lipinski definition) is 6. The molecule has 1 aliphatic heterocycles. The van der Waals surface area contributed by atoms with Crippen molar-refractivity contribution in [3.05, 3.63) is 56.9 Å². The fraction of sp³-hybridized carbons (Fsp3) is 0.333. The number of anilines is 1. The lowest BCUT2D eigenvalue weighted by Crippen LogP contribution is -2.42. The van der Waals surface area contributed by atoms with Gasteiger partial charge in [-0.25, -0.2) is 15.0 Å². The molecule has 1 N–H and O–H groups in total. The summed E-state index contributed by atoms with van der Waals surface area (Å²) >= 11 is 11.1. The summed E-state index contributed by atoms with van der Waals surface area (Å²) in [5, 5.41) is 4.80. The molecule has 0 spiro atoms. The van der Waals surface area contributed by atoms with Gasteiger partial charge in [-0.2, -0.15) is 0 Å². The average molecular weight is 505 g/mol. The zero-order chi connectivity index (χ0) is 20.8. The molecule has 0 bridgehead atoms. The molecule has 1 aliphatic carbocycles. The molecule has 1 saturated heterocycles. The van der Waals surface area contributed by atoms with E-state index in [9.17, 15) is 4.79 Å². The molecule has 30 heavy (non-hydrogen) atoms. The highest BCUT2D eigenvalue weighted by molar-refractivity contribution is 9.10. The van der Waals surface area contributed by atoms with Gasteiger partial charge in [0.2, 0.25) is 5.95 Å². The van der Waals surface area contributed by atoms with Crippen molar-refractivity contribution in [2.24, 2.45) is 5.92 Å². The van der Waals surface area contributed by atoms with E-state index in [1.807, 2.05) is 36.1 Å². The molecule has 2 aromatic heterocycles. The highest BCUT2D eigenvalue weighted by atomic mass is 79.9. The number of rotatable bonds is 5. The average Bonchev–Trinajstić information content (AvgIpc) is 3.22. The van der Waals surface area contributed by atoms with Crippen molar-refractivity contribution in [3.8, 4) is 10.4 Å². The molecule has 1 amide bonds. The van der Waals surface area contributed by atoms with Gasteiger partial charge in [-0.1, -0.05) is 23.7 Å². The van der Waals surface area contributed by atoms with Gasteiger partial charge < -0.3 is 10.2 Å². The van der Waals surface area contributed by atoms with Crippen LogP contribution in [0.5, 0.6) is 0 Å². The smallest absolute Gasteiger partial charge is 0.274 e. The fourth-order valence-electron chi connectivity index (χ4n) is 4.19. The number of benzene rings is 1. The summed E-state index contributed by atoms with van der Waals surface area (Å²) in [5.74, 6) is 1.15. The summed E-state index contributed by atoms with van der Waals surface area (Å²) in [6.45, 7) is 2.55. The minimum absolute atomic E-state index is 0.00264. The third kappa shape index (κ3) is 3.84. The summed E-state index contributed by atoms with van der Waals surface area (Å²) in [4.78, 5) is 29.7. The van der Waals surface area contributed by atoms with Crippen molar-refractivity contribution >= 4 is 50.7 Å². The number of nitrogens with one attached hydrogen (secondary N) is 1. The van der Waals surface area contributed by atoms with Gasteiger partial charge >= 0.3 is 0 Å². The number of likely N-dealkylation sites (tertiary alicyclic amines) is 1. The first-order chi connectivity index (χ1) is 14.5. The minimum atomic E-state index is 0.00264. The molecule has 6 nitrogen and oxygen atoms in total. The topological polar surface area (TPSA) is 71.0 Å². The number of thiazole rings is 1. The molecule has 1 aromatic carbocycles. The van der Waals surface area contributed by atoms with Crippen LogP contribution in [-0.4, -0.2) is 44.4 Å². The van der Waals surface area contributed by atoms with Gasteiger partial charge in [0.05, 0.1) is 20.4 Å². The van der Waals surface area contributed by atoms with Crippen LogP contribution in [0.15, 0.2) is 41.1 Å². The van der Waals surface area contributed by atoms with Gasteiger partial charge in [-0.3, -0.25) is 4.79 Å². The third-order valence-corrected chi connectivity index (χ3v) is 7.25. The van der Waals surface area contributed by atoms with Gasteiger partial charge in [0.1, 0.15) is 5.69 Å². The van der Waals surface area contributed by atoms with Gasteiger partial charge in [0.15, 0.2) is 0 Å². The van der Waals surface area contributed by atoms with Crippen LogP contribution in [0, 0.1) is 12.8 Å². The van der Waals surface area contributed by atoms with E-state index in [2.05, 4.69) is 36.2 Å². The Kier molecular flexibility index (Phi) is 5.24. The van der Waals surface area contributed by atoms with Crippen molar-refractivity contribution in [1.29, 1.82) is 0 Å². The zero-order valence-corrected chi connectivity index (χ0v) is 19.3. The monoisotopic (exact) mass is 503 g/mol. The number of fused-ring (bicyclic) bond motifs is 1. The molecule has 0 unspecified atom stereocenters. The van der Waals surface area contributed by atoms with Crippen molar-refractivity contribution < 1.29 is 4.79 Å². The maximum Gasteiger partial charge on any atom is 0.274 e. The summed E-state index contributed by atoms with van der Waals surface area (Å²) in [7, 11) is 0. The predicted molar refractivity (Wildman–Crippen MR) is 122 cm³/mol. The predicted octanol–water partition coefficient (Wildman–Crippen LogP) is 5.04. The number of amides is 1. The molecule has 154 valence electrons. The fourth-order valence-corrected chi connectivity index (χ4v) is 5.49. The van der Waals surface area contributed by atoms with E-state index in [1.165, 1.54) is 11.3 Å². The van der Waals surface area contributed by atoms with E-state index in [1.54, 1.807) is 12.4 Å². The van der Waals surface area contributed by atoms with Gasteiger partial charge in [-0.15, -0.1) is 11.3 Å². The molecule has 9 heteroatoms. The number of piperidine rings is 1. The normalized spacial score (nSPS) is 22.1. The Hall–Kier alpha value is -2.03. The quantitative estimate of drug-likeness (QED) is 0.527. The van der Waals surface area contributed by atoms with Crippen molar-refractivity contribution in [1.82, 2.24) is 19.9 Å². The van der Waals surface area contributed by atoms with E-state index < -0.39 is 0 Å². The lowest BCUT2D eigenvalue weighted by atomic mass is 10.1. The van der Waals surface area contributed by atoms with E-state index in [0.717, 1.165) is 32.8 Å². The second-order valence-electron chi connectivity index (χ2n) is 7.69. The maximum atomic E-state index is 13.6. The SMILES string of the molecule is Cc1nc(C(=O)N2[C@H](CNc3ncc(Br)cn3)C[C@@H]3C[C@@H]32)c(-c2cccc(Cl)c2)s1. The van der Waals surface area contributed by atoms with Crippen LogP contribution in [-0.2, 0) is 0 Å². The Morgan fingerprint density at radius 3 is 2.90 bits per heavy atom. The number of hydrogen-bond donors (Lipinski definition) is 1. The second kappa shape index (κ2) is 7.90. The maximum absolute atomic E-state index is 13.6. The van der Waals surface area contributed by atoms with Crippen LogP contribution < -0.4 is 5.32 Å². The van der Waals surface area contributed by atoms with Crippen molar-refractivity contribution in [2.75, 3.05) is 11.9 Å². The molecule has 3 aromatic rings. The molecule has 0 radical (unpaired) electrons. The molecule has 1 saturated carbocycles. The lowest BCUT2D eigenvalue weighted by Gasteiger charge is -2.27. The minimum Gasteiger partial charge on any atom is -0.352 e. The largest absolute Gasteiger partial charge is 0.352 e. The zero-order valence-electron chi connectivity index (χ0n) is 16.2. The molecular weight excluding hydrogens is 486 g/mol. The van der Waals surface area contributed by atoms with Crippen LogP contribution in [0.4, 0.5) is 5.95 Å². The number of aryl methyl sites for hydroxylation is 1. The number of carbonyl (C=O) groups excluding carboxylic acids is 1. The van der Waals surface area contributed by atoms with Crippen LogP contribution in [0.1, 0.15) is 28.3 Å². The number of nitrogens with zero attached hydrogens (tertiary/aromatic N) is 4. The van der Waals surface area contributed by atoms with Crippen LogP contribution in [0.3, 0.4) is 0 Å². The highest BCUT2D eigenvalue weighted by Crippen LogP contribution is 2.49. The molecule has 2 aliphatic rings. The van der Waals surface area contributed by atoms with Crippen LogP contribution in [0.25, 0.3) is 10.4 Å². The standard InChI is InChI=1S/C21H19BrClN5OS/c1-11-27-18(19(30-11)12-3-2-4-15(23)5-12)20(29)28-16(6-13-7-17(13)28)10-26-21-24-8-14(22)9-25-21/h2-5,8-9,13,16-17H,6-7,10H2,1H3,(H,24,25,26)/t13-,16+,17+/m1/s1. The van der Waals surface area contributed by atoms with E-state index in [-0.39, 0.29) is 11.9 Å². The third-order valence-electron chi connectivity index (χ3n) is 5.58. The van der Waals surface area contributed by atoms with Gasteiger partial charge in [-0.05, 0) is 59.3 Å². The molecular formula is C21H19BrClN5OS. The first-order valence-corrected chi connectivity index (χ1v) is 11.8. The van der Waals surface area contributed by atoms with Crippen LogP contribution in [0.2, 0.25) is 5.02 Å². The summed E-state index contributed by atoms with van der Waals surface area (Å²) in [6.07, 6.45) is 5.49. The van der Waals surface area contributed by atoms with E-state index in [4.69, 9.17) is 11.6 Å². The Morgan fingerprint density at radius 2 is 2.13 bits per heavy atom. The van der Waals surface area contributed by atoms with E-state index in [0.29, 0.717) is 35.2 Å². The van der Waals surface area contributed by atoms with Crippen molar-refractivity contribution in [2.45, 2.75) is 31.8 Å². The Labute approximate surface area is 191 Å². The summed E-state index contributed by atoms with van der Waals surface area (Å²) in [5.41, 5.74) is 1.46. The molecule has 5 rings (SSSR count). The molecule has 3 atom stereocenters. The second-order valence-corrected chi connectivity index (χ2v) is 10.2. The molecule has 3 heterocycles. The number of halogens is 2. The lowest BCUT2D eigenvalue weighted by molar-refractivity contribution is 0.0704. The number of carbonyl (C=O) groups is 1. The summed E-state index contributed by atoms with van der Waals surface area (Å²) in [6, 6.07) is 8.01. The first-order valence-electron chi connectivity index (χ1n) is 9.77. The van der Waals surface area contributed by atoms with Crippen molar-refractivity contribution in [3.63, 3.8) is 0 Å². The Bertz CT molecular complexity index is 1110. The van der Waals surface area contributed by atoms with Gasteiger partial charge in [0, 0.05) is 30.0 Å². The summed E-state index contributed by atoms with van der Waals surface area (Å²) < 4.78 is 0.833. The highest BCUT2D eigenvalue weighted by Gasteiger charge is 2.54. The Morgan fingerprint density at radius 1 is 1.33 bits per heavy atom. The molecule has 2 fully saturated rings.